The summed E-state index contributed by atoms with van der Waals surface area (Å²) in [5, 5.41) is 25.6. The van der Waals surface area contributed by atoms with Crippen molar-refractivity contribution in [1.82, 2.24) is 4.98 Å². The van der Waals surface area contributed by atoms with Gasteiger partial charge in [0.15, 0.2) is 11.9 Å². The van der Waals surface area contributed by atoms with Gasteiger partial charge in [0.1, 0.15) is 18.0 Å². The van der Waals surface area contributed by atoms with E-state index in [0.717, 1.165) is 0 Å². The lowest BCUT2D eigenvalue weighted by Gasteiger charge is -2.13. The van der Waals surface area contributed by atoms with Crippen LogP contribution in [0.4, 0.5) is 10.5 Å². The van der Waals surface area contributed by atoms with Crippen molar-refractivity contribution < 1.29 is 34.1 Å². The number of nitrogens with two attached hydrogens (primary N) is 1. The number of cyclic esters (lactones) is 1. The van der Waals surface area contributed by atoms with Crippen LogP contribution < -0.4 is 15.4 Å². The summed E-state index contributed by atoms with van der Waals surface area (Å²) in [6.07, 6.45) is -0.479. The molecule has 1 amide bonds. The van der Waals surface area contributed by atoms with Crippen LogP contribution in [0.3, 0.4) is 0 Å². The van der Waals surface area contributed by atoms with E-state index < -0.39 is 30.6 Å². The average Bonchev–Trinajstić information content (AvgIpc) is 3.22. The highest BCUT2D eigenvalue weighted by atomic mass is 16.6. The van der Waals surface area contributed by atoms with Gasteiger partial charge in [0, 0.05) is 23.1 Å². The van der Waals surface area contributed by atoms with Crippen LogP contribution in [0.15, 0.2) is 30.5 Å². The van der Waals surface area contributed by atoms with Gasteiger partial charge >= 0.3 is 18.0 Å². The molecule has 152 valence electrons. The molecule has 1 aromatic heterocycles. The van der Waals surface area contributed by atoms with Crippen molar-refractivity contribution in [2.45, 2.75) is 12.5 Å². The molecule has 2 aromatic rings. The van der Waals surface area contributed by atoms with E-state index >= 15 is 0 Å². The molecular formula is C18H18N4O7. The number of aliphatic carboxylic acids is 1. The van der Waals surface area contributed by atoms with E-state index in [1.807, 2.05) is 0 Å². The van der Waals surface area contributed by atoms with E-state index in [2.05, 4.69) is 4.98 Å². The Hall–Kier alpha value is -4.02. The average molecular weight is 402 g/mol. The predicted octanol–water partition coefficient (Wildman–Crippen LogP) is 1.03. The Balaban J connectivity index is 1.66. The molecule has 2 heterocycles. The van der Waals surface area contributed by atoms with Crippen molar-refractivity contribution in [1.29, 1.82) is 5.41 Å². The van der Waals surface area contributed by atoms with Gasteiger partial charge in [0.25, 0.3) is 0 Å². The van der Waals surface area contributed by atoms with Gasteiger partial charge in [0.05, 0.1) is 13.0 Å². The molecule has 11 heteroatoms. The summed E-state index contributed by atoms with van der Waals surface area (Å²) >= 11 is 0. The monoisotopic (exact) mass is 402 g/mol. The first-order valence-electron chi connectivity index (χ1n) is 8.47. The van der Waals surface area contributed by atoms with Crippen LogP contribution in [0.1, 0.15) is 21.6 Å². The van der Waals surface area contributed by atoms with Gasteiger partial charge in [-0.1, -0.05) is 0 Å². The lowest BCUT2D eigenvalue weighted by Crippen LogP contribution is -2.26. The molecule has 1 aliphatic rings. The van der Waals surface area contributed by atoms with Crippen molar-refractivity contribution in [2.75, 3.05) is 18.1 Å². The molecule has 1 atom stereocenters. The lowest BCUT2D eigenvalue weighted by atomic mass is 10.2. The first kappa shape index (κ1) is 19.7. The van der Waals surface area contributed by atoms with Crippen molar-refractivity contribution >= 4 is 29.6 Å². The van der Waals surface area contributed by atoms with Gasteiger partial charge in [0.2, 0.25) is 0 Å². The standard InChI is InChI=1S/C18H18N4O7/c19-16(20)9-1-3-10(4-2-9)22-7-11(29-18(22)27)8-28-13-6-21-12(5-14(23)24)15(13)17(25)26/h1-4,6,11,21H,5,7-8H2,(H3,19,20)(H,23,24)(H,25,26). The number of carbonyl (C=O) groups is 3. The third-order valence-electron chi connectivity index (χ3n) is 4.26. The number of H-pyrrole nitrogens is 1. The second-order valence-corrected chi connectivity index (χ2v) is 6.27. The van der Waals surface area contributed by atoms with Crippen molar-refractivity contribution in [3.05, 3.63) is 47.3 Å². The molecule has 3 rings (SSSR count). The van der Waals surface area contributed by atoms with Crippen molar-refractivity contribution in [3.8, 4) is 5.75 Å². The quantitative estimate of drug-likeness (QED) is 0.321. The summed E-state index contributed by atoms with van der Waals surface area (Å²) in [6.45, 7) is 0.0610. The number of nitrogen functional groups attached to an aromatic ring is 1. The van der Waals surface area contributed by atoms with Crippen molar-refractivity contribution in [2.24, 2.45) is 5.73 Å². The molecule has 0 radical (unpaired) electrons. The number of aromatic amines is 1. The summed E-state index contributed by atoms with van der Waals surface area (Å²) in [7, 11) is 0. The molecule has 6 N–H and O–H groups in total. The molecular weight excluding hydrogens is 384 g/mol. The van der Waals surface area contributed by atoms with Gasteiger partial charge in [-0.2, -0.15) is 0 Å². The molecule has 1 aliphatic heterocycles. The molecule has 0 saturated carbocycles. The number of aromatic nitrogens is 1. The SMILES string of the molecule is N=C(N)c1ccc(N2CC(COc3c[nH]c(CC(=O)O)c3C(=O)O)OC2=O)cc1. The maximum absolute atomic E-state index is 12.1. The molecule has 11 nitrogen and oxygen atoms in total. The number of carbonyl (C=O) groups excluding carboxylic acids is 1. The van der Waals surface area contributed by atoms with E-state index in [0.29, 0.717) is 11.3 Å². The molecule has 1 unspecified atom stereocenters. The zero-order valence-electron chi connectivity index (χ0n) is 15.0. The molecule has 0 spiro atoms. The number of ether oxygens (including phenoxy) is 2. The summed E-state index contributed by atoms with van der Waals surface area (Å²) in [4.78, 5) is 38.4. The lowest BCUT2D eigenvalue weighted by molar-refractivity contribution is -0.136. The minimum Gasteiger partial charge on any atom is -0.487 e. The molecule has 0 bridgehead atoms. The van der Waals surface area contributed by atoms with Crippen LogP contribution in [0.2, 0.25) is 0 Å². The number of carboxylic acid groups (broad SMARTS) is 2. The minimum atomic E-state index is -1.33. The number of nitrogens with one attached hydrogen (secondary N) is 2. The Bertz CT molecular complexity index is 967. The summed E-state index contributed by atoms with van der Waals surface area (Å²) < 4.78 is 10.7. The highest BCUT2D eigenvalue weighted by Gasteiger charge is 2.33. The minimum absolute atomic E-state index is 0.00982. The highest BCUT2D eigenvalue weighted by Crippen LogP contribution is 2.26. The van der Waals surface area contributed by atoms with Crippen LogP contribution in [-0.2, 0) is 16.0 Å². The van der Waals surface area contributed by atoms with Gasteiger partial charge in [-0.05, 0) is 24.3 Å². The normalized spacial score (nSPS) is 15.8. The fraction of sp³-hybridized carbons (Fsp3) is 0.222. The van der Waals surface area contributed by atoms with Crippen LogP contribution in [0.25, 0.3) is 0 Å². The molecule has 0 aliphatic carbocycles. The van der Waals surface area contributed by atoms with Gasteiger partial charge in [-0.3, -0.25) is 15.1 Å². The fourth-order valence-electron chi connectivity index (χ4n) is 2.91. The van der Waals surface area contributed by atoms with E-state index in [4.69, 9.17) is 25.7 Å². The maximum Gasteiger partial charge on any atom is 0.414 e. The third kappa shape index (κ3) is 4.29. The van der Waals surface area contributed by atoms with Crippen LogP contribution in [-0.4, -0.2) is 58.3 Å². The number of amides is 1. The van der Waals surface area contributed by atoms with E-state index in [1.165, 1.54) is 11.1 Å². The molecule has 1 aromatic carbocycles. The Morgan fingerprint density at radius 1 is 1.31 bits per heavy atom. The summed E-state index contributed by atoms with van der Waals surface area (Å²) in [5.41, 5.74) is 6.22. The maximum atomic E-state index is 12.1. The van der Waals surface area contributed by atoms with Gasteiger partial charge in [-0.15, -0.1) is 0 Å². The van der Waals surface area contributed by atoms with Crippen LogP contribution in [0, 0.1) is 5.41 Å². The first-order valence-corrected chi connectivity index (χ1v) is 8.47. The number of hydrogen-bond donors (Lipinski definition) is 5. The van der Waals surface area contributed by atoms with Crippen LogP contribution in [0.5, 0.6) is 5.75 Å². The topological polar surface area (TPSA) is 179 Å². The highest BCUT2D eigenvalue weighted by molar-refractivity contribution is 5.96. The van der Waals surface area contributed by atoms with Crippen LogP contribution >= 0.6 is 0 Å². The predicted molar refractivity (Wildman–Crippen MR) is 99.7 cm³/mol. The Morgan fingerprint density at radius 2 is 2.00 bits per heavy atom. The zero-order valence-corrected chi connectivity index (χ0v) is 15.0. The number of amidine groups is 1. The van der Waals surface area contributed by atoms with Crippen molar-refractivity contribution in [3.63, 3.8) is 0 Å². The fourth-order valence-corrected chi connectivity index (χ4v) is 2.91. The first-order chi connectivity index (χ1) is 13.8. The molecule has 1 fully saturated rings. The summed E-state index contributed by atoms with van der Waals surface area (Å²) in [6, 6.07) is 6.48. The second-order valence-electron chi connectivity index (χ2n) is 6.27. The number of rotatable bonds is 8. The second kappa shape index (κ2) is 7.92. The van der Waals surface area contributed by atoms with Gasteiger partial charge in [-0.25, -0.2) is 9.59 Å². The summed E-state index contributed by atoms with van der Waals surface area (Å²) in [5.74, 6) is -2.63. The van der Waals surface area contributed by atoms with E-state index in [1.54, 1.807) is 24.3 Å². The number of aromatic carboxylic acids is 1. The smallest absolute Gasteiger partial charge is 0.414 e. The Kier molecular flexibility index (Phi) is 5.39. The third-order valence-corrected chi connectivity index (χ3v) is 4.26. The Labute approximate surface area is 164 Å². The number of nitrogens with zero attached hydrogens (tertiary/aromatic N) is 1. The number of anilines is 1. The molecule has 1 saturated heterocycles. The number of hydrogen-bond acceptors (Lipinski definition) is 6. The molecule has 29 heavy (non-hydrogen) atoms. The van der Waals surface area contributed by atoms with Gasteiger partial charge < -0.3 is 30.4 Å². The zero-order chi connectivity index (χ0) is 21.1. The van der Waals surface area contributed by atoms with E-state index in [-0.39, 0.29) is 36.0 Å². The number of benzene rings is 1. The number of carboxylic acids is 2. The largest absolute Gasteiger partial charge is 0.487 e. The Morgan fingerprint density at radius 3 is 2.59 bits per heavy atom. The van der Waals surface area contributed by atoms with E-state index in [9.17, 15) is 19.5 Å².